The fraction of sp³-hybridized carbons (Fsp3) is 0.647. The van der Waals surface area contributed by atoms with Crippen molar-refractivity contribution in [1.82, 2.24) is 20.0 Å². The fourth-order valence-corrected chi connectivity index (χ4v) is 12.5. The fourth-order valence-electron chi connectivity index (χ4n) is 12.5. The summed E-state index contributed by atoms with van der Waals surface area (Å²) in [7, 11) is 5.38. The topological polar surface area (TPSA) is 237 Å². The first-order valence-electron chi connectivity index (χ1n) is 32.6. The summed E-state index contributed by atoms with van der Waals surface area (Å²) in [6.45, 7) is 12.9. The molecule has 3 aliphatic carbocycles. The molecule has 2 atom stereocenters. The van der Waals surface area contributed by atoms with Crippen LogP contribution in [0.15, 0.2) is 59.7 Å². The maximum Gasteiger partial charge on any atom is 0.407 e. The van der Waals surface area contributed by atoms with Crippen LogP contribution in [0.25, 0.3) is 10.4 Å². The SMILES string of the molecule is CCCCCCCCC(=O)Nc1ccc2c(c1)C1(CCC(=O)N(C)CCOCCOCCN(C)C(=O)[C@H]3C[C@@H](N=[N+]=[N-])CN3C)c3cc(NC(=O)CCCCCCCC)ccc3C2c2ccc(NC(=O)CCCCCCCNC(=O)OC(C)(C)C)cc21. The molecule has 19 heteroatoms. The number of carbonyl (C=O) groups excluding carboxylic acids is 6. The molecule has 4 aliphatic rings. The van der Waals surface area contributed by atoms with E-state index in [2.05, 4.69) is 81.5 Å². The van der Waals surface area contributed by atoms with Gasteiger partial charge >= 0.3 is 6.09 Å². The number of amides is 6. The van der Waals surface area contributed by atoms with Crippen LogP contribution >= 0.6 is 0 Å². The molecule has 19 nitrogen and oxygen atoms in total. The van der Waals surface area contributed by atoms with Crippen LogP contribution in [-0.4, -0.2) is 142 Å². The number of hydrogen-bond donors (Lipinski definition) is 4. The van der Waals surface area contributed by atoms with E-state index in [0.29, 0.717) is 102 Å². The lowest BCUT2D eigenvalue weighted by Gasteiger charge is -2.51. The lowest BCUT2D eigenvalue weighted by atomic mass is 9.51. The van der Waals surface area contributed by atoms with E-state index in [0.717, 1.165) is 110 Å². The standard InChI is InChI=1S/C68H102N10O9/c1-9-11-13-15-18-22-26-60(79)71-49-29-32-53-56(44-49)68(36-35-63(82)76(6)38-40-85-42-43-86-41-39-77(7)65(83)59-47-52(74-75-69)48-78(59)8)57-45-50(72-61(80)27-23-19-16-14-12-10-2)30-33-54(57)64(53)55-34-31-51(46-58(55)68)73-62(81)28-24-20-17-21-25-37-70-66(84)87-67(3,4)5/h29-34,44-46,52,59,64H,9-28,35-43,47-48H2,1-8H3,(H,70,84)(H,71,79)(H,72,80)(H,73,81)/t52-,59-,64?,68?/m1/s1. The van der Waals surface area contributed by atoms with Crippen LogP contribution in [0.2, 0.25) is 0 Å². The summed E-state index contributed by atoms with van der Waals surface area (Å²) in [6, 6.07) is 18.0. The molecule has 1 heterocycles. The van der Waals surface area contributed by atoms with Crippen LogP contribution in [0.4, 0.5) is 21.9 Å². The molecule has 3 aromatic carbocycles. The molecule has 0 unspecified atom stereocenters. The maximum atomic E-state index is 14.6. The van der Waals surface area contributed by atoms with E-state index in [-0.39, 0.29) is 60.6 Å². The van der Waals surface area contributed by atoms with Gasteiger partial charge in [-0.25, -0.2) is 4.79 Å². The first-order valence-corrected chi connectivity index (χ1v) is 32.6. The number of ether oxygens (including phenoxy) is 3. The van der Waals surface area contributed by atoms with Crippen molar-refractivity contribution >= 4 is 52.7 Å². The number of benzene rings is 3. The lowest BCUT2D eigenvalue weighted by Crippen LogP contribution is -2.43. The second-order valence-electron chi connectivity index (χ2n) is 25.2. The van der Waals surface area contributed by atoms with Gasteiger partial charge in [-0.3, -0.25) is 28.9 Å². The Morgan fingerprint density at radius 2 is 1.06 bits per heavy atom. The summed E-state index contributed by atoms with van der Waals surface area (Å²) >= 11 is 0. The molecule has 87 heavy (non-hydrogen) atoms. The zero-order chi connectivity index (χ0) is 62.8. The third kappa shape index (κ3) is 21.1. The van der Waals surface area contributed by atoms with Gasteiger partial charge in [-0.15, -0.1) is 0 Å². The average molecular weight is 1200 g/mol. The Balaban J connectivity index is 1.19. The Labute approximate surface area is 518 Å². The summed E-state index contributed by atoms with van der Waals surface area (Å²) in [4.78, 5) is 88.9. The van der Waals surface area contributed by atoms with Crippen molar-refractivity contribution in [3.05, 3.63) is 98.4 Å². The van der Waals surface area contributed by atoms with Crippen molar-refractivity contribution < 1.29 is 43.0 Å². The van der Waals surface area contributed by atoms with Gasteiger partial charge < -0.3 is 45.3 Å². The van der Waals surface area contributed by atoms with E-state index < -0.39 is 17.1 Å². The molecule has 1 fully saturated rings. The monoisotopic (exact) mass is 1200 g/mol. The van der Waals surface area contributed by atoms with Crippen molar-refractivity contribution in [2.45, 2.75) is 211 Å². The van der Waals surface area contributed by atoms with Crippen LogP contribution in [0, 0.1) is 0 Å². The second-order valence-corrected chi connectivity index (χ2v) is 25.2. The number of likely N-dealkylation sites (tertiary alicyclic amines) is 1. The molecule has 0 radical (unpaired) electrons. The minimum absolute atomic E-state index is 0.0405. The van der Waals surface area contributed by atoms with E-state index in [1.165, 1.54) is 25.7 Å². The number of hydrogen-bond acceptors (Lipinski definition) is 11. The molecule has 2 bridgehead atoms. The number of nitrogens with zero attached hydrogens (tertiary/aromatic N) is 6. The molecule has 4 N–H and O–H groups in total. The normalized spacial score (nSPS) is 17.3. The molecule has 0 aromatic heterocycles. The van der Waals surface area contributed by atoms with E-state index in [1.54, 1.807) is 23.9 Å². The highest BCUT2D eigenvalue weighted by molar-refractivity contribution is 5.94. The molecular formula is C68H102N10O9. The summed E-state index contributed by atoms with van der Waals surface area (Å²) in [5.41, 5.74) is 15.5. The molecule has 0 saturated carbocycles. The summed E-state index contributed by atoms with van der Waals surface area (Å²) in [5.74, 6) is -0.498. The van der Waals surface area contributed by atoms with Gasteiger partial charge in [0.05, 0.1) is 38.5 Å². The minimum atomic E-state index is -0.946. The van der Waals surface area contributed by atoms with Gasteiger partial charge in [0, 0.05) is 99.3 Å². The third-order valence-electron chi connectivity index (χ3n) is 17.1. The van der Waals surface area contributed by atoms with Gasteiger partial charge in [0.15, 0.2) is 0 Å². The Morgan fingerprint density at radius 1 is 0.621 bits per heavy atom. The molecular weight excluding hydrogens is 1100 g/mol. The lowest BCUT2D eigenvalue weighted by molar-refractivity contribution is -0.135. The third-order valence-corrected chi connectivity index (χ3v) is 17.1. The molecule has 3 aromatic rings. The molecule has 0 spiro atoms. The van der Waals surface area contributed by atoms with Crippen molar-refractivity contribution in [2.75, 3.05) is 89.7 Å². The van der Waals surface area contributed by atoms with Crippen molar-refractivity contribution in [3.8, 4) is 0 Å². The Kier molecular flexibility index (Phi) is 28.4. The molecule has 1 aliphatic heterocycles. The van der Waals surface area contributed by atoms with E-state index in [4.69, 9.17) is 19.7 Å². The predicted octanol–water partition coefficient (Wildman–Crippen LogP) is 13.1. The van der Waals surface area contributed by atoms with Crippen LogP contribution < -0.4 is 21.3 Å². The van der Waals surface area contributed by atoms with Gasteiger partial charge in [-0.2, -0.15) is 0 Å². The minimum Gasteiger partial charge on any atom is -0.444 e. The highest BCUT2D eigenvalue weighted by Gasteiger charge is 2.52. The number of anilines is 3. The van der Waals surface area contributed by atoms with Crippen molar-refractivity contribution in [3.63, 3.8) is 0 Å². The Bertz CT molecular complexity index is 2710. The predicted molar refractivity (Wildman–Crippen MR) is 344 cm³/mol. The molecule has 1 saturated heterocycles. The molecule has 478 valence electrons. The van der Waals surface area contributed by atoms with Gasteiger partial charge in [0.25, 0.3) is 0 Å². The van der Waals surface area contributed by atoms with E-state index >= 15 is 0 Å². The molecule has 7 rings (SSSR count). The first-order chi connectivity index (χ1) is 41.9. The van der Waals surface area contributed by atoms with E-state index in [1.807, 2.05) is 50.9 Å². The van der Waals surface area contributed by atoms with E-state index in [9.17, 15) is 28.8 Å². The molecule has 6 amide bonds. The van der Waals surface area contributed by atoms with Gasteiger partial charge in [-0.05, 0) is 142 Å². The van der Waals surface area contributed by atoms with Crippen LogP contribution in [-0.2, 0) is 43.6 Å². The number of rotatable bonds is 39. The Hall–Kier alpha value is -6.53. The maximum absolute atomic E-state index is 14.6. The van der Waals surface area contributed by atoms with Crippen molar-refractivity contribution in [1.29, 1.82) is 0 Å². The highest BCUT2D eigenvalue weighted by Crippen LogP contribution is 2.62. The summed E-state index contributed by atoms with van der Waals surface area (Å²) < 4.78 is 17.1. The number of azide groups is 1. The quantitative estimate of drug-likeness (QED) is 0.0182. The van der Waals surface area contributed by atoms with Gasteiger partial charge in [0.2, 0.25) is 29.5 Å². The number of carbonyl (C=O) groups is 6. The van der Waals surface area contributed by atoms with Crippen LogP contribution in [0.3, 0.4) is 0 Å². The van der Waals surface area contributed by atoms with Gasteiger partial charge in [-0.1, -0.05) is 121 Å². The zero-order valence-electron chi connectivity index (χ0n) is 53.7. The van der Waals surface area contributed by atoms with Crippen molar-refractivity contribution in [2.24, 2.45) is 5.11 Å². The largest absolute Gasteiger partial charge is 0.444 e. The zero-order valence-corrected chi connectivity index (χ0v) is 53.7. The summed E-state index contributed by atoms with van der Waals surface area (Å²) in [5, 5.41) is 16.3. The number of alkyl carbamates (subject to hydrolysis) is 1. The van der Waals surface area contributed by atoms with Crippen LogP contribution in [0.1, 0.15) is 222 Å². The summed E-state index contributed by atoms with van der Waals surface area (Å²) in [6.07, 6.45) is 18.9. The van der Waals surface area contributed by atoms with Crippen LogP contribution in [0.5, 0.6) is 0 Å². The first kappa shape index (κ1) is 69.6. The number of nitrogens with one attached hydrogen (secondary N) is 4. The number of unbranched alkanes of at least 4 members (excludes halogenated alkanes) is 14. The number of likely N-dealkylation sites (N-methyl/N-ethyl adjacent to an activating group) is 3. The Morgan fingerprint density at radius 3 is 1.51 bits per heavy atom. The smallest absolute Gasteiger partial charge is 0.407 e. The highest BCUT2D eigenvalue weighted by atomic mass is 16.6. The second kappa shape index (κ2) is 35.5. The average Bonchev–Trinajstić information content (AvgIpc) is 0.949. The van der Waals surface area contributed by atoms with Gasteiger partial charge in [0.1, 0.15) is 5.60 Å².